The molecule has 5 rings (SSSR count). The largest absolute Gasteiger partial charge is 0.344 e. The first-order valence-corrected chi connectivity index (χ1v) is 12.5. The van der Waals surface area contributed by atoms with Gasteiger partial charge in [-0.15, -0.1) is 0 Å². The van der Waals surface area contributed by atoms with E-state index in [9.17, 15) is 9.18 Å². The van der Waals surface area contributed by atoms with Crippen molar-refractivity contribution >= 4 is 60.7 Å². The van der Waals surface area contributed by atoms with Crippen molar-refractivity contribution < 1.29 is 9.18 Å². The third kappa shape index (κ3) is 5.73. The van der Waals surface area contributed by atoms with Gasteiger partial charge in [0.05, 0.1) is 11.3 Å². The zero-order chi connectivity index (χ0) is 22.3. The van der Waals surface area contributed by atoms with Crippen LogP contribution < -0.4 is 21.3 Å². The Kier molecular flexibility index (Phi) is 8.25. The van der Waals surface area contributed by atoms with Gasteiger partial charge in [-0.1, -0.05) is 11.3 Å². The lowest BCUT2D eigenvalue weighted by Gasteiger charge is -2.27. The van der Waals surface area contributed by atoms with E-state index in [0.717, 1.165) is 53.1 Å². The quantitative estimate of drug-likeness (QED) is 0.364. The number of piperazine rings is 2. The maximum Gasteiger partial charge on any atom is 0.257 e. The van der Waals surface area contributed by atoms with Crippen LogP contribution in [0.1, 0.15) is 10.4 Å². The highest BCUT2D eigenvalue weighted by Crippen LogP contribution is 2.37. The van der Waals surface area contributed by atoms with Gasteiger partial charge in [0, 0.05) is 67.5 Å². The second kappa shape index (κ2) is 11.3. The van der Waals surface area contributed by atoms with Crippen molar-refractivity contribution in [1.82, 2.24) is 25.8 Å². The average molecular weight is 568 g/mol. The summed E-state index contributed by atoms with van der Waals surface area (Å²) in [6.07, 6.45) is 1.70. The number of fused-ring (bicyclic) bond motifs is 1. The lowest BCUT2D eigenvalue weighted by molar-refractivity contribution is 0.0739. The molecule has 4 heterocycles. The summed E-state index contributed by atoms with van der Waals surface area (Å²) in [5.41, 5.74) is 0.921. The summed E-state index contributed by atoms with van der Waals surface area (Å²) in [4.78, 5) is 20.1. The molecule has 0 aliphatic carbocycles. The van der Waals surface area contributed by atoms with Crippen LogP contribution in [0.4, 0.5) is 15.1 Å². The summed E-state index contributed by atoms with van der Waals surface area (Å²) in [6.45, 7) is 7.43. The topological polar surface area (TPSA) is 81.3 Å². The van der Waals surface area contributed by atoms with E-state index in [-0.39, 0.29) is 11.7 Å². The number of carbonyl (C=O) groups excluding carboxylic acids is 1. The summed E-state index contributed by atoms with van der Waals surface area (Å²) >= 11 is 3.44. The highest BCUT2D eigenvalue weighted by molar-refractivity contribution is 14.1. The van der Waals surface area contributed by atoms with Crippen LogP contribution in [0.25, 0.3) is 10.2 Å². The van der Waals surface area contributed by atoms with E-state index in [1.807, 2.05) is 23.1 Å². The number of pyridine rings is 1. The van der Waals surface area contributed by atoms with Crippen molar-refractivity contribution in [3.05, 3.63) is 51.5 Å². The highest BCUT2D eigenvalue weighted by atomic mass is 127. The number of hydrogen-bond acceptors (Lipinski definition) is 7. The molecule has 0 saturated carbocycles. The van der Waals surface area contributed by atoms with Crippen LogP contribution in [-0.2, 0) is 0 Å². The van der Waals surface area contributed by atoms with Crippen molar-refractivity contribution in [1.29, 1.82) is 0 Å². The standard InChI is InChI=1S/C18H16FIN4OS.C4H10N2/c19-13-10-11(20)3-4-14(13)23-17-15(12-2-1-5-22-16(12)26-17)18(25)24-8-6-21-7-9-24;1-2-6-4-3-5-1/h1-5,10,21,23H,6-9H2;5-6H,1-4H2. The number of aromatic nitrogens is 1. The summed E-state index contributed by atoms with van der Waals surface area (Å²) in [7, 11) is 0. The number of amides is 1. The first-order valence-electron chi connectivity index (χ1n) is 10.6. The van der Waals surface area contributed by atoms with Crippen molar-refractivity contribution in [3.8, 4) is 0 Å². The third-order valence-corrected chi connectivity index (χ3v) is 6.92. The minimum Gasteiger partial charge on any atom is -0.344 e. The molecular weight excluding hydrogens is 542 g/mol. The van der Waals surface area contributed by atoms with E-state index in [2.05, 4.69) is 48.8 Å². The van der Waals surface area contributed by atoms with Crippen LogP contribution in [0.5, 0.6) is 0 Å². The molecule has 0 atom stereocenters. The Morgan fingerprint density at radius 1 is 1.06 bits per heavy atom. The first-order chi connectivity index (χ1) is 15.6. The van der Waals surface area contributed by atoms with E-state index in [0.29, 0.717) is 29.3 Å². The summed E-state index contributed by atoms with van der Waals surface area (Å²) in [6, 6.07) is 8.69. The van der Waals surface area contributed by atoms with Gasteiger partial charge in [-0.25, -0.2) is 9.37 Å². The van der Waals surface area contributed by atoms with E-state index >= 15 is 0 Å². The van der Waals surface area contributed by atoms with Gasteiger partial charge in [-0.3, -0.25) is 4.79 Å². The minimum absolute atomic E-state index is 0.0424. The van der Waals surface area contributed by atoms with Gasteiger partial charge in [0.15, 0.2) is 0 Å². The van der Waals surface area contributed by atoms with Crippen LogP contribution in [0.3, 0.4) is 0 Å². The summed E-state index contributed by atoms with van der Waals surface area (Å²) in [5, 5.41) is 14.2. The number of benzene rings is 1. The molecule has 2 fully saturated rings. The van der Waals surface area contributed by atoms with Crippen molar-refractivity contribution in [3.63, 3.8) is 0 Å². The van der Waals surface area contributed by atoms with Gasteiger partial charge in [0.25, 0.3) is 5.91 Å². The van der Waals surface area contributed by atoms with Gasteiger partial charge in [-0.05, 0) is 52.9 Å². The highest BCUT2D eigenvalue weighted by Gasteiger charge is 2.26. The Hall–Kier alpha value is -1.86. The Bertz CT molecular complexity index is 1060. The summed E-state index contributed by atoms with van der Waals surface area (Å²) < 4.78 is 15.1. The Morgan fingerprint density at radius 3 is 2.41 bits per heavy atom. The molecule has 4 N–H and O–H groups in total. The molecule has 0 unspecified atom stereocenters. The fraction of sp³-hybridized carbons (Fsp3) is 0.364. The molecule has 1 amide bonds. The van der Waals surface area contributed by atoms with Gasteiger partial charge >= 0.3 is 0 Å². The van der Waals surface area contributed by atoms with E-state index in [1.165, 1.54) is 17.4 Å². The van der Waals surface area contributed by atoms with Crippen molar-refractivity contribution in [2.45, 2.75) is 0 Å². The minimum atomic E-state index is -0.345. The Balaban J connectivity index is 0.000000354. The second-order valence-electron chi connectivity index (χ2n) is 7.45. The molecule has 170 valence electrons. The molecule has 2 aliphatic heterocycles. The fourth-order valence-corrected chi connectivity index (χ4v) is 5.08. The van der Waals surface area contributed by atoms with Crippen LogP contribution >= 0.6 is 33.9 Å². The van der Waals surface area contributed by atoms with Gasteiger partial charge in [-0.2, -0.15) is 0 Å². The molecule has 0 bridgehead atoms. The number of hydrogen-bond donors (Lipinski definition) is 4. The monoisotopic (exact) mass is 568 g/mol. The van der Waals surface area contributed by atoms with Crippen LogP contribution in [-0.4, -0.2) is 68.1 Å². The molecule has 2 saturated heterocycles. The number of rotatable bonds is 3. The lowest BCUT2D eigenvalue weighted by Crippen LogP contribution is -2.46. The van der Waals surface area contributed by atoms with E-state index in [1.54, 1.807) is 12.3 Å². The Labute approximate surface area is 204 Å². The van der Waals surface area contributed by atoms with Crippen LogP contribution in [0.15, 0.2) is 36.5 Å². The zero-order valence-electron chi connectivity index (χ0n) is 17.6. The van der Waals surface area contributed by atoms with E-state index in [4.69, 9.17) is 0 Å². The fourth-order valence-electron chi connectivity index (χ4n) is 3.58. The van der Waals surface area contributed by atoms with Gasteiger partial charge in [0.2, 0.25) is 0 Å². The van der Waals surface area contributed by atoms with Crippen molar-refractivity contribution in [2.75, 3.05) is 57.7 Å². The molecular formula is C22H26FIN6OS. The second-order valence-corrected chi connectivity index (χ2v) is 9.70. The summed E-state index contributed by atoms with van der Waals surface area (Å²) in [5.74, 6) is -0.387. The molecule has 2 aliphatic rings. The normalized spacial score (nSPS) is 16.4. The number of carbonyl (C=O) groups is 1. The lowest BCUT2D eigenvalue weighted by atomic mass is 10.1. The van der Waals surface area contributed by atoms with Crippen LogP contribution in [0, 0.1) is 9.39 Å². The molecule has 3 aromatic rings. The van der Waals surface area contributed by atoms with Gasteiger partial charge < -0.3 is 26.2 Å². The molecule has 7 nitrogen and oxygen atoms in total. The number of thiophene rings is 1. The predicted octanol–water partition coefficient (Wildman–Crippen LogP) is 3.01. The Morgan fingerprint density at radius 2 is 1.75 bits per heavy atom. The first kappa shape index (κ1) is 23.3. The molecule has 32 heavy (non-hydrogen) atoms. The number of nitrogens with zero attached hydrogens (tertiary/aromatic N) is 2. The van der Waals surface area contributed by atoms with E-state index < -0.39 is 0 Å². The number of halogens is 2. The molecule has 1 aromatic carbocycles. The predicted molar refractivity (Wildman–Crippen MR) is 137 cm³/mol. The number of anilines is 2. The number of nitrogens with one attached hydrogen (secondary N) is 4. The molecule has 0 radical (unpaired) electrons. The molecule has 0 spiro atoms. The zero-order valence-corrected chi connectivity index (χ0v) is 20.6. The molecule has 10 heteroatoms. The smallest absolute Gasteiger partial charge is 0.257 e. The van der Waals surface area contributed by atoms with Gasteiger partial charge in [0.1, 0.15) is 15.6 Å². The third-order valence-electron chi connectivity index (χ3n) is 5.22. The van der Waals surface area contributed by atoms with Crippen LogP contribution in [0.2, 0.25) is 0 Å². The van der Waals surface area contributed by atoms with Crippen molar-refractivity contribution in [2.24, 2.45) is 0 Å². The molecule has 2 aromatic heterocycles. The maximum absolute atomic E-state index is 14.3. The maximum atomic E-state index is 14.3. The average Bonchev–Trinajstić information content (AvgIpc) is 3.20. The SMILES string of the molecule is C1CNCCN1.O=C(c1c(Nc2ccc(I)cc2F)sc2ncccc12)N1CCNCC1.